The zero-order valence-corrected chi connectivity index (χ0v) is 18.8. The van der Waals surface area contributed by atoms with Gasteiger partial charge in [-0.1, -0.05) is 12.1 Å². The number of amides is 3. The van der Waals surface area contributed by atoms with Crippen LogP contribution in [-0.2, 0) is 19.1 Å². The van der Waals surface area contributed by atoms with Crippen molar-refractivity contribution in [2.45, 2.75) is 56.0 Å². The van der Waals surface area contributed by atoms with Crippen LogP contribution in [0.5, 0.6) is 5.75 Å². The molecular formula is C21H25N3O7S. The number of nitrogens with one attached hydrogen (secondary N) is 2. The summed E-state index contributed by atoms with van der Waals surface area (Å²) in [6.07, 6.45) is 0.659. The van der Waals surface area contributed by atoms with E-state index in [1.807, 2.05) is 0 Å². The molecular weight excluding hydrogens is 438 g/mol. The standard InChI is InChI=1S/C21H25N3O7S/c1-10-9-13(19(28)29)24-17(27)15(18(24)32-10)22-16(26)14(11-5-7-12(25)8-6-11)23-20(30)31-21(2,3)4/h5-10,14-15,18,25H,1-4H3,(H,22,26)(H,23,30)(H,28,29)/t10?,14?,15?,18-/m1/s1. The number of nitrogens with zero attached hydrogens (tertiary/aromatic N) is 1. The smallest absolute Gasteiger partial charge is 0.408 e. The highest BCUT2D eigenvalue weighted by molar-refractivity contribution is 8.00. The molecule has 0 aromatic heterocycles. The maximum atomic E-state index is 13.1. The lowest BCUT2D eigenvalue weighted by Crippen LogP contribution is -2.71. The van der Waals surface area contributed by atoms with Gasteiger partial charge in [0.2, 0.25) is 5.91 Å². The average molecular weight is 464 g/mol. The number of hydrogen-bond acceptors (Lipinski definition) is 7. The van der Waals surface area contributed by atoms with Gasteiger partial charge in [-0.05, 0) is 51.5 Å². The normalized spacial score (nSPS) is 23.2. The number of carbonyl (C=O) groups excluding carboxylic acids is 3. The van der Waals surface area contributed by atoms with Crippen LogP contribution < -0.4 is 10.6 Å². The van der Waals surface area contributed by atoms with Crippen LogP contribution in [0, 0.1) is 0 Å². The first-order valence-electron chi connectivity index (χ1n) is 9.90. The summed E-state index contributed by atoms with van der Waals surface area (Å²) in [6, 6.07) is 3.52. The van der Waals surface area contributed by atoms with Crippen molar-refractivity contribution < 1.29 is 34.1 Å². The fraction of sp³-hybridized carbons (Fsp3) is 0.429. The summed E-state index contributed by atoms with van der Waals surface area (Å²) in [5.41, 5.74) is -0.539. The van der Waals surface area contributed by atoms with E-state index >= 15 is 0 Å². The van der Waals surface area contributed by atoms with Gasteiger partial charge in [-0.3, -0.25) is 14.5 Å². The molecule has 10 nitrogen and oxygen atoms in total. The van der Waals surface area contributed by atoms with Crippen LogP contribution in [0.15, 0.2) is 36.0 Å². The second-order valence-corrected chi connectivity index (χ2v) is 9.95. The summed E-state index contributed by atoms with van der Waals surface area (Å²) in [4.78, 5) is 50.7. The molecule has 4 atom stereocenters. The van der Waals surface area contributed by atoms with Crippen LogP contribution in [-0.4, -0.2) is 61.3 Å². The SMILES string of the molecule is CC1C=C(C(=O)O)N2C(=O)C(NC(=O)C(NC(=O)OC(C)(C)C)c3ccc(O)cc3)[C@H]2S1. The highest BCUT2D eigenvalue weighted by Gasteiger charge is 2.54. The number of benzene rings is 1. The van der Waals surface area contributed by atoms with Gasteiger partial charge in [-0.2, -0.15) is 0 Å². The van der Waals surface area contributed by atoms with Crippen LogP contribution in [0.3, 0.4) is 0 Å². The zero-order chi connectivity index (χ0) is 23.8. The number of fused-ring (bicyclic) bond motifs is 1. The van der Waals surface area contributed by atoms with Gasteiger partial charge in [-0.15, -0.1) is 11.8 Å². The third-order valence-electron chi connectivity index (χ3n) is 4.72. The first-order valence-corrected chi connectivity index (χ1v) is 10.8. The maximum Gasteiger partial charge on any atom is 0.408 e. The number of aromatic hydroxyl groups is 1. The third kappa shape index (κ3) is 4.98. The predicted octanol–water partition coefficient (Wildman–Crippen LogP) is 1.71. The molecule has 3 unspecified atom stereocenters. The van der Waals surface area contributed by atoms with Gasteiger partial charge in [0.25, 0.3) is 5.91 Å². The maximum absolute atomic E-state index is 13.1. The number of ether oxygens (including phenoxy) is 1. The molecule has 1 fully saturated rings. The molecule has 1 saturated heterocycles. The zero-order valence-electron chi connectivity index (χ0n) is 18.0. The molecule has 2 heterocycles. The van der Waals surface area contributed by atoms with Gasteiger partial charge in [0, 0.05) is 5.25 Å². The Labute approximate surface area is 189 Å². The summed E-state index contributed by atoms with van der Waals surface area (Å²) < 4.78 is 5.24. The molecule has 172 valence electrons. The number of hydrogen-bond donors (Lipinski definition) is 4. The van der Waals surface area contributed by atoms with Crippen molar-refractivity contribution in [2.75, 3.05) is 0 Å². The summed E-state index contributed by atoms with van der Waals surface area (Å²) in [5.74, 6) is -2.44. The van der Waals surface area contributed by atoms with Gasteiger partial charge in [0.1, 0.15) is 34.5 Å². The molecule has 3 rings (SSSR count). The van der Waals surface area contributed by atoms with E-state index in [2.05, 4.69) is 10.6 Å². The molecule has 0 aliphatic carbocycles. The van der Waals surface area contributed by atoms with E-state index in [9.17, 15) is 29.4 Å². The Balaban J connectivity index is 1.79. The Kier molecular flexibility index (Phi) is 6.40. The van der Waals surface area contributed by atoms with Gasteiger partial charge in [0.05, 0.1) is 0 Å². The minimum absolute atomic E-state index is 0.0180. The minimum atomic E-state index is -1.21. The number of alkyl carbamates (subject to hydrolysis) is 1. The van der Waals surface area contributed by atoms with Gasteiger partial charge in [-0.25, -0.2) is 9.59 Å². The number of rotatable bonds is 5. The molecule has 1 aromatic rings. The van der Waals surface area contributed by atoms with Crippen molar-refractivity contribution >= 4 is 35.6 Å². The Morgan fingerprint density at radius 3 is 2.38 bits per heavy atom. The summed E-state index contributed by atoms with van der Waals surface area (Å²) in [6.45, 7) is 6.84. The number of aliphatic carboxylic acids is 1. The topological polar surface area (TPSA) is 145 Å². The summed E-state index contributed by atoms with van der Waals surface area (Å²) in [7, 11) is 0. The van der Waals surface area contributed by atoms with Crippen LogP contribution in [0.4, 0.5) is 4.79 Å². The number of phenolic OH excluding ortho intramolecular Hbond substituents is 1. The molecule has 2 aliphatic rings. The molecule has 3 amide bonds. The molecule has 0 spiro atoms. The Morgan fingerprint density at radius 1 is 1.19 bits per heavy atom. The van der Waals surface area contributed by atoms with E-state index in [0.717, 1.165) is 4.90 Å². The molecule has 2 aliphatic heterocycles. The Hall–Kier alpha value is -3.21. The van der Waals surface area contributed by atoms with Crippen molar-refractivity contribution in [1.82, 2.24) is 15.5 Å². The Morgan fingerprint density at radius 2 is 1.81 bits per heavy atom. The molecule has 4 N–H and O–H groups in total. The largest absolute Gasteiger partial charge is 0.508 e. The average Bonchev–Trinajstić information content (AvgIpc) is 2.68. The molecule has 0 saturated carbocycles. The number of carboxylic acid groups (broad SMARTS) is 1. The molecule has 32 heavy (non-hydrogen) atoms. The first kappa shape index (κ1) is 23.5. The fourth-order valence-corrected chi connectivity index (χ4v) is 4.69. The monoisotopic (exact) mass is 463 g/mol. The quantitative estimate of drug-likeness (QED) is 0.483. The van der Waals surface area contributed by atoms with E-state index in [1.54, 1.807) is 27.7 Å². The lowest BCUT2D eigenvalue weighted by molar-refractivity contribution is -0.150. The molecule has 0 bridgehead atoms. The lowest BCUT2D eigenvalue weighted by atomic mass is 10.0. The second-order valence-electron chi connectivity index (χ2n) is 8.45. The van der Waals surface area contributed by atoms with Crippen molar-refractivity contribution in [3.8, 4) is 5.75 Å². The van der Waals surface area contributed by atoms with Gasteiger partial charge >= 0.3 is 12.1 Å². The van der Waals surface area contributed by atoms with Crippen LogP contribution >= 0.6 is 11.8 Å². The van der Waals surface area contributed by atoms with Gasteiger partial charge in [0.15, 0.2) is 0 Å². The Bertz CT molecular complexity index is 971. The number of carbonyl (C=O) groups is 4. The highest BCUT2D eigenvalue weighted by Crippen LogP contribution is 2.40. The van der Waals surface area contributed by atoms with Gasteiger partial charge < -0.3 is 25.6 Å². The number of carboxylic acids is 1. The van der Waals surface area contributed by atoms with Crippen LogP contribution in [0.2, 0.25) is 0 Å². The van der Waals surface area contributed by atoms with Crippen LogP contribution in [0.25, 0.3) is 0 Å². The number of phenols is 1. The van der Waals surface area contributed by atoms with E-state index in [1.165, 1.54) is 42.1 Å². The van der Waals surface area contributed by atoms with Crippen molar-refractivity contribution in [3.05, 3.63) is 41.6 Å². The number of β-lactam (4-membered cyclic amide) rings is 1. The van der Waals surface area contributed by atoms with E-state index < -0.39 is 46.9 Å². The van der Waals surface area contributed by atoms with Crippen molar-refractivity contribution in [2.24, 2.45) is 0 Å². The lowest BCUT2D eigenvalue weighted by Gasteiger charge is -2.49. The minimum Gasteiger partial charge on any atom is -0.508 e. The summed E-state index contributed by atoms with van der Waals surface area (Å²) >= 11 is 1.35. The highest BCUT2D eigenvalue weighted by atomic mass is 32.2. The number of thioether (sulfide) groups is 1. The molecule has 0 radical (unpaired) electrons. The second kappa shape index (κ2) is 8.73. The third-order valence-corrected chi connectivity index (χ3v) is 6.04. The van der Waals surface area contributed by atoms with E-state index in [-0.39, 0.29) is 16.7 Å². The summed E-state index contributed by atoms with van der Waals surface area (Å²) in [5, 5.41) is 23.3. The van der Waals surface area contributed by atoms with Crippen molar-refractivity contribution in [1.29, 1.82) is 0 Å². The van der Waals surface area contributed by atoms with E-state index in [0.29, 0.717) is 5.56 Å². The molecule has 1 aromatic carbocycles. The first-order chi connectivity index (χ1) is 14.9. The van der Waals surface area contributed by atoms with Crippen molar-refractivity contribution in [3.63, 3.8) is 0 Å². The predicted molar refractivity (Wildman–Crippen MR) is 116 cm³/mol. The van der Waals surface area contributed by atoms with Crippen LogP contribution in [0.1, 0.15) is 39.3 Å². The van der Waals surface area contributed by atoms with E-state index in [4.69, 9.17) is 4.74 Å². The molecule has 11 heteroatoms. The fourth-order valence-electron chi connectivity index (χ4n) is 3.36.